The van der Waals surface area contributed by atoms with E-state index in [2.05, 4.69) is 10.1 Å². The topological polar surface area (TPSA) is 81.5 Å². The number of rotatable bonds is 2. The fourth-order valence-electron chi connectivity index (χ4n) is 1.50. The molecular formula is C9H9ClN2O4. The summed E-state index contributed by atoms with van der Waals surface area (Å²) in [5.74, 6) is 0. The van der Waals surface area contributed by atoms with Gasteiger partial charge in [0, 0.05) is 6.07 Å². The summed E-state index contributed by atoms with van der Waals surface area (Å²) in [6.45, 7) is 0.129. The normalized spacial score (nSPS) is 18.2. The highest BCUT2D eigenvalue weighted by molar-refractivity contribution is 5.85. The Morgan fingerprint density at radius 2 is 2.12 bits per heavy atom. The second-order valence-electron chi connectivity index (χ2n) is 3.11. The van der Waals surface area contributed by atoms with Gasteiger partial charge in [-0.05, 0) is 6.07 Å². The maximum Gasteiger partial charge on any atom is 0.407 e. The fraction of sp³-hybridized carbons (Fsp3) is 0.222. The van der Waals surface area contributed by atoms with Crippen molar-refractivity contribution in [1.82, 2.24) is 5.32 Å². The van der Waals surface area contributed by atoms with E-state index in [1.807, 2.05) is 0 Å². The number of nitro benzene ring substituents is 1. The number of nitro groups is 1. The largest absolute Gasteiger partial charge is 0.447 e. The molecule has 1 fully saturated rings. The van der Waals surface area contributed by atoms with Gasteiger partial charge >= 0.3 is 6.09 Å². The maximum absolute atomic E-state index is 10.8. The summed E-state index contributed by atoms with van der Waals surface area (Å²) in [5, 5.41) is 13.2. The van der Waals surface area contributed by atoms with Crippen LogP contribution in [0.4, 0.5) is 10.5 Å². The number of amides is 1. The number of para-hydroxylation sites is 1. The van der Waals surface area contributed by atoms with E-state index in [4.69, 9.17) is 0 Å². The van der Waals surface area contributed by atoms with Gasteiger partial charge in [-0.1, -0.05) is 12.1 Å². The van der Waals surface area contributed by atoms with E-state index in [0.29, 0.717) is 5.56 Å². The van der Waals surface area contributed by atoms with Crippen LogP contribution in [0.25, 0.3) is 0 Å². The molecule has 1 aromatic carbocycles. The number of cyclic esters (lactones) is 1. The van der Waals surface area contributed by atoms with Crippen molar-refractivity contribution in [1.29, 1.82) is 0 Å². The Hall–Kier alpha value is -1.82. The molecular weight excluding hydrogens is 236 g/mol. The Bertz CT molecular complexity index is 424. The number of alkyl carbamates (subject to hydrolysis) is 1. The van der Waals surface area contributed by atoms with Crippen molar-refractivity contribution in [3.8, 4) is 0 Å². The van der Waals surface area contributed by atoms with E-state index in [1.54, 1.807) is 18.2 Å². The molecule has 6 nitrogen and oxygen atoms in total. The van der Waals surface area contributed by atoms with Crippen molar-refractivity contribution in [2.45, 2.75) is 6.04 Å². The second-order valence-corrected chi connectivity index (χ2v) is 3.11. The van der Waals surface area contributed by atoms with E-state index in [0.717, 1.165) is 0 Å². The molecule has 1 aromatic rings. The van der Waals surface area contributed by atoms with Crippen LogP contribution in [0, 0.1) is 10.1 Å². The third-order valence-electron chi connectivity index (χ3n) is 2.18. The Morgan fingerprint density at radius 1 is 1.44 bits per heavy atom. The number of hydrogen-bond acceptors (Lipinski definition) is 4. The Balaban J connectivity index is 0.00000128. The molecule has 2 rings (SSSR count). The zero-order chi connectivity index (χ0) is 10.8. The number of nitrogens with zero attached hydrogens (tertiary/aromatic N) is 1. The number of hydrogen-bond donors (Lipinski definition) is 1. The standard InChI is InChI=1S/C9H8N2O4.ClH/c12-9-10-7(5-15-9)6-3-1-2-4-8(6)11(13)14;/h1-4,7H,5H2,(H,10,12);1H/t7-;/m0./s1. The number of halogens is 1. The number of carbonyl (C=O) groups is 1. The van der Waals surface area contributed by atoms with Crippen LogP contribution in [0.1, 0.15) is 11.6 Å². The predicted molar refractivity (Wildman–Crippen MR) is 57.6 cm³/mol. The molecule has 1 saturated heterocycles. The highest BCUT2D eigenvalue weighted by atomic mass is 35.5. The van der Waals surface area contributed by atoms with Crippen LogP contribution >= 0.6 is 12.4 Å². The molecule has 0 radical (unpaired) electrons. The average molecular weight is 245 g/mol. The third kappa shape index (κ3) is 2.22. The van der Waals surface area contributed by atoms with Crippen LogP contribution in [0.3, 0.4) is 0 Å². The molecule has 16 heavy (non-hydrogen) atoms. The molecule has 1 aliphatic rings. The summed E-state index contributed by atoms with van der Waals surface area (Å²) in [6, 6.07) is 5.85. The summed E-state index contributed by atoms with van der Waals surface area (Å²) in [5.41, 5.74) is 0.460. The second kappa shape index (κ2) is 4.80. The molecule has 0 spiro atoms. The fourth-order valence-corrected chi connectivity index (χ4v) is 1.50. The predicted octanol–water partition coefficient (Wildman–Crippen LogP) is 1.80. The smallest absolute Gasteiger partial charge is 0.407 e. The van der Waals surface area contributed by atoms with Gasteiger partial charge in [0.25, 0.3) is 5.69 Å². The lowest BCUT2D eigenvalue weighted by Crippen LogP contribution is -2.19. The van der Waals surface area contributed by atoms with Crippen LogP contribution in [-0.4, -0.2) is 17.6 Å². The molecule has 86 valence electrons. The zero-order valence-corrected chi connectivity index (χ0v) is 8.90. The summed E-state index contributed by atoms with van der Waals surface area (Å²) >= 11 is 0. The first kappa shape index (κ1) is 12.3. The van der Waals surface area contributed by atoms with Gasteiger partial charge in [0.15, 0.2) is 0 Å². The average Bonchev–Trinajstić information content (AvgIpc) is 2.65. The molecule has 1 amide bonds. The Morgan fingerprint density at radius 3 is 2.69 bits per heavy atom. The molecule has 1 N–H and O–H groups in total. The van der Waals surface area contributed by atoms with Gasteiger partial charge in [-0.25, -0.2) is 4.79 Å². The molecule has 1 atom stereocenters. The van der Waals surface area contributed by atoms with E-state index < -0.39 is 17.1 Å². The maximum atomic E-state index is 10.8. The molecule has 0 aromatic heterocycles. The van der Waals surface area contributed by atoms with Crippen molar-refractivity contribution in [2.75, 3.05) is 6.61 Å². The first-order valence-corrected chi connectivity index (χ1v) is 4.35. The Labute approximate surface area is 97.2 Å². The lowest BCUT2D eigenvalue weighted by atomic mass is 10.1. The number of ether oxygens (including phenoxy) is 1. The van der Waals surface area contributed by atoms with Crippen molar-refractivity contribution in [3.05, 3.63) is 39.9 Å². The number of carbonyl (C=O) groups excluding carboxylic acids is 1. The summed E-state index contributed by atoms with van der Waals surface area (Å²) in [4.78, 5) is 21.0. The molecule has 0 saturated carbocycles. The van der Waals surface area contributed by atoms with Crippen LogP contribution in [0.2, 0.25) is 0 Å². The monoisotopic (exact) mass is 244 g/mol. The highest BCUT2D eigenvalue weighted by Crippen LogP contribution is 2.26. The third-order valence-corrected chi connectivity index (χ3v) is 2.18. The zero-order valence-electron chi connectivity index (χ0n) is 8.08. The van der Waals surface area contributed by atoms with Crippen molar-refractivity contribution in [3.63, 3.8) is 0 Å². The van der Waals surface area contributed by atoms with Crippen LogP contribution in [0.15, 0.2) is 24.3 Å². The van der Waals surface area contributed by atoms with E-state index >= 15 is 0 Å². The quantitative estimate of drug-likeness (QED) is 0.635. The van der Waals surface area contributed by atoms with Crippen LogP contribution in [0.5, 0.6) is 0 Å². The van der Waals surface area contributed by atoms with Crippen LogP contribution < -0.4 is 5.32 Å². The number of benzene rings is 1. The minimum atomic E-state index is -0.543. The van der Waals surface area contributed by atoms with Crippen LogP contribution in [-0.2, 0) is 4.74 Å². The molecule has 0 bridgehead atoms. The van der Waals surface area contributed by atoms with E-state index in [1.165, 1.54) is 6.07 Å². The van der Waals surface area contributed by atoms with Gasteiger partial charge in [0.2, 0.25) is 0 Å². The molecule has 0 aliphatic carbocycles. The summed E-state index contributed by atoms with van der Waals surface area (Å²) < 4.78 is 4.68. The Kier molecular flexibility index (Phi) is 3.68. The van der Waals surface area contributed by atoms with Crippen molar-refractivity contribution in [2.24, 2.45) is 0 Å². The summed E-state index contributed by atoms with van der Waals surface area (Å²) in [6.07, 6.45) is -0.543. The lowest BCUT2D eigenvalue weighted by molar-refractivity contribution is -0.385. The minimum Gasteiger partial charge on any atom is -0.447 e. The SMILES string of the molecule is Cl.O=C1N[C@H](c2ccccc2[N+](=O)[O-])CO1. The lowest BCUT2D eigenvalue weighted by Gasteiger charge is -2.07. The van der Waals surface area contributed by atoms with Crippen molar-refractivity contribution >= 4 is 24.2 Å². The van der Waals surface area contributed by atoms with Gasteiger partial charge in [0.1, 0.15) is 6.61 Å². The molecule has 1 heterocycles. The first-order chi connectivity index (χ1) is 7.18. The number of nitrogens with one attached hydrogen (secondary N) is 1. The van der Waals surface area contributed by atoms with Gasteiger partial charge in [-0.15, -0.1) is 12.4 Å². The highest BCUT2D eigenvalue weighted by Gasteiger charge is 2.29. The van der Waals surface area contributed by atoms with E-state index in [9.17, 15) is 14.9 Å². The molecule has 7 heteroatoms. The van der Waals surface area contributed by atoms with Gasteiger partial charge in [-0.2, -0.15) is 0 Å². The summed E-state index contributed by atoms with van der Waals surface area (Å²) in [7, 11) is 0. The first-order valence-electron chi connectivity index (χ1n) is 4.35. The molecule has 1 aliphatic heterocycles. The van der Waals surface area contributed by atoms with Gasteiger partial charge in [-0.3, -0.25) is 10.1 Å². The molecule has 0 unspecified atom stereocenters. The van der Waals surface area contributed by atoms with Gasteiger partial charge < -0.3 is 10.1 Å². The minimum absolute atomic E-state index is 0. The van der Waals surface area contributed by atoms with Crippen molar-refractivity contribution < 1.29 is 14.5 Å². The van der Waals surface area contributed by atoms with E-state index in [-0.39, 0.29) is 24.7 Å². The van der Waals surface area contributed by atoms with Gasteiger partial charge in [0.05, 0.1) is 16.5 Å².